The van der Waals surface area contributed by atoms with E-state index in [0.29, 0.717) is 19.5 Å². The van der Waals surface area contributed by atoms with E-state index >= 15 is 4.39 Å². The molecule has 9 heteroatoms. The van der Waals surface area contributed by atoms with E-state index in [4.69, 9.17) is 5.73 Å². The van der Waals surface area contributed by atoms with Crippen LogP contribution in [0.5, 0.6) is 0 Å². The summed E-state index contributed by atoms with van der Waals surface area (Å²) >= 11 is 0. The second-order valence-electron chi connectivity index (χ2n) is 9.35. The number of nitrogens with two attached hydrogens (primary N) is 1. The highest BCUT2D eigenvalue weighted by Gasteiger charge is 2.26. The van der Waals surface area contributed by atoms with Crippen LogP contribution < -0.4 is 20.9 Å². The zero-order chi connectivity index (χ0) is 24.9. The van der Waals surface area contributed by atoms with Gasteiger partial charge in [0.05, 0.1) is 5.56 Å². The van der Waals surface area contributed by atoms with E-state index in [1.54, 1.807) is 0 Å². The molecule has 2 aromatic rings. The van der Waals surface area contributed by atoms with E-state index in [2.05, 4.69) is 33.7 Å². The predicted molar refractivity (Wildman–Crippen MR) is 137 cm³/mol. The summed E-state index contributed by atoms with van der Waals surface area (Å²) in [5.74, 6) is -0.910. The zero-order valence-electron chi connectivity index (χ0n) is 20.2. The average Bonchev–Trinajstić information content (AvgIpc) is 2.86. The molecule has 1 aromatic carbocycles. The molecule has 0 radical (unpaired) electrons. The summed E-state index contributed by atoms with van der Waals surface area (Å²) in [6.45, 7) is 8.64. The SMILES string of the molecule is C=CC(=O)C[C@@H]1CCCN(c2nc(Nc3ccc(N4CCN(C)CC4)cc3)c(C(N)=O)cc2F)C1. The molecular formula is C26H33FN6O2. The lowest BCUT2D eigenvalue weighted by Gasteiger charge is -2.34. The quantitative estimate of drug-likeness (QED) is 0.561. The molecule has 0 unspecified atom stereocenters. The number of piperidine rings is 1. The molecule has 35 heavy (non-hydrogen) atoms. The molecule has 3 heterocycles. The van der Waals surface area contributed by atoms with Gasteiger partial charge in [0.25, 0.3) is 5.91 Å². The predicted octanol–water partition coefficient (Wildman–Crippen LogP) is 3.18. The number of likely N-dealkylation sites (N-methyl/N-ethyl adjacent to an activating group) is 1. The summed E-state index contributed by atoms with van der Waals surface area (Å²) in [7, 11) is 2.12. The molecule has 2 aliphatic heterocycles. The lowest BCUT2D eigenvalue weighted by Crippen LogP contribution is -2.44. The Morgan fingerprint density at radius 3 is 2.54 bits per heavy atom. The minimum atomic E-state index is -0.757. The van der Waals surface area contributed by atoms with Gasteiger partial charge in [-0.05, 0) is 62.2 Å². The van der Waals surface area contributed by atoms with Gasteiger partial charge in [0, 0.05) is 57.1 Å². The smallest absolute Gasteiger partial charge is 0.252 e. The third-order valence-electron chi connectivity index (χ3n) is 6.76. The van der Waals surface area contributed by atoms with E-state index in [9.17, 15) is 9.59 Å². The molecule has 8 nitrogen and oxygen atoms in total. The summed E-state index contributed by atoms with van der Waals surface area (Å²) in [5, 5.41) is 3.15. The Balaban J connectivity index is 1.54. The van der Waals surface area contributed by atoms with Gasteiger partial charge >= 0.3 is 0 Å². The van der Waals surface area contributed by atoms with Crippen LogP contribution in [0.25, 0.3) is 0 Å². The van der Waals surface area contributed by atoms with Gasteiger partial charge < -0.3 is 25.8 Å². The van der Waals surface area contributed by atoms with Gasteiger partial charge in [-0.25, -0.2) is 9.37 Å². The number of primary amides is 1. The summed E-state index contributed by atoms with van der Waals surface area (Å²) < 4.78 is 15.0. The Hall–Kier alpha value is -3.46. The van der Waals surface area contributed by atoms with Crippen molar-refractivity contribution >= 4 is 34.7 Å². The molecular weight excluding hydrogens is 447 g/mol. The van der Waals surface area contributed by atoms with Crippen LogP contribution in [0.4, 0.5) is 27.4 Å². The molecule has 0 bridgehead atoms. The number of aromatic nitrogens is 1. The van der Waals surface area contributed by atoms with Crippen LogP contribution in [0.2, 0.25) is 0 Å². The molecule has 1 atom stereocenters. The van der Waals surface area contributed by atoms with Crippen molar-refractivity contribution in [2.75, 3.05) is 61.4 Å². The summed E-state index contributed by atoms with van der Waals surface area (Å²) in [4.78, 5) is 34.8. The Labute approximate surface area is 205 Å². The molecule has 1 amide bonds. The van der Waals surface area contributed by atoms with Crippen LogP contribution in [0.1, 0.15) is 29.6 Å². The van der Waals surface area contributed by atoms with E-state index in [-0.39, 0.29) is 28.9 Å². The molecule has 2 saturated heterocycles. The van der Waals surface area contributed by atoms with Crippen molar-refractivity contribution in [3.8, 4) is 0 Å². The van der Waals surface area contributed by atoms with Gasteiger partial charge in [0.2, 0.25) is 0 Å². The number of rotatable bonds is 8. The maximum absolute atomic E-state index is 15.0. The first-order chi connectivity index (χ1) is 16.8. The van der Waals surface area contributed by atoms with Gasteiger partial charge in [-0.1, -0.05) is 6.58 Å². The number of halogens is 1. The van der Waals surface area contributed by atoms with Crippen LogP contribution >= 0.6 is 0 Å². The van der Waals surface area contributed by atoms with E-state index < -0.39 is 11.7 Å². The van der Waals surface area contributed by atoms with Crippen molar-refractivity contribution in [1.82, 2.24) is 9.88 Å². The lowest BCUT2D eigenvalue weighted by molar-refractivity contribution is -0.115. The number of piperazine rings is 1. The van der Waals surface area contributed by atoms with E-state index in [1.807, 2.05) is 29.2 Å². The Kier molecular flexibility index (Phi) is 7.65. The molecule has 1 aromatic heterocycles. The molecule has 3 N–H and O–H groups in total. The van der Waals surface area contributed by atoms with Crippen LogP contribution in [0.15, 0.2) is 43.0 Å². The maximum Gasteiger partial charge on any atom is 0.252 e. The minimum absolute atomic E-state index is 0.00945. The normalized spacial score (nSPS) is 18.9. The van der Waals surface area contributed by atoms with Crippen molar-refractivity contribution in [3.05, 3.63) is 54.4 Å². The summed E-state index contributed by atoms with van der Waals surface area (Å²) in [6.07, 6.45) is 3.42. The summed E-state index contributed by atoms with van der Waals surface area (Å²) in [6, 6.07) is 9.02. The summed E-state index contributed by atoms with van der Waals surface area (Å²) in [5.41, 5.74) is 7.37. The average molecular weight is 481 g/mol. The van der Waals surface area contributed by atoms with Gasteiger partial charge in [0.15, 0.2) is 17.4 Å². The van der Waals surface area contributed by atoms with Gasteiger partial charge in [-0.15, -0.1) is 0 Å². The van der Waals surface area contributed by atoms with E-state index in [1.165, 1.54) is 6.08 Å². The highest BCUT2D eigenvalue weighted by atomic mass is 19.1. The van der Waals surface area contributed by atoms with Crippen LogP contribution in [0.3, 0.4) is 0 Å². The van der Waals surface area contributed by atoms with Crippen LogP contribution in [-0.2, 0) is 4.79 Å². The Bertz CT molecular complexity index is 1080. The number of benzene rings is 1. The highest BCUT2D eigenvalue weighted by molar-refractivity contribution is 5.98. The van der Waals surface area contributed by atoms with Crippen LogP contribution in [0, 0.1) is 11.7 Å². The molecule has 186 valence electrons. The first kappa shape index (κ1) is 24.7. The Morgan fingerprint density at radius 2 is 1.89 bits per heavy atom. The minimum Gasteiger partial charge on any atom is -0.369 e. The molecule has 0 aliphatic carbocycles. The standard InChI is InChI=1S/C26H33FN6O2/c1-3-21(34)15-18-5-4-10-33(17-18)26-23(27)16-22(24(28)35)25(30-26)29-19-6-8-20(9-7-19)32-13-11-31(2)12-14-32/h3,6-9,16,18H,1,4-5,10-15,17H2,2H3,(H2,28,35)(H,29,30)/t18-/m0/s1. The first-order valence-electron chi connectivity index (χ1n) is 12.0. The third kappa shape index (κ3) is 5.97. The van der Waals surface area contributed by atoms with E-state index in [0.717, 1.165) is 56.5 Å². The molecule has 4 rings (SSSR count). The van der Waals surface area contributed by atoms with Gasteiger partial charge in [-0.3, -0.25) is 9.59 Å². The molecule has 2 fully saturated rings. The highest BCUT2D eigenvalue weighted by Crippen LogP contribution is 2.30. The second kappa shape index (κ2) is 10.9. The second-order valence-corrected chi connectivity index (χ2v) is 9.35. The monoisotopic (exact) mass is 480 g/mol. The fourth-order valence-electron chi connectivity index (χ4n) is 4.73. The number of anilines is 4. The number of allylic oxidation sites excluding steroid dienone is 1. The lowest BCUT2D eigenvalue weighted by atomic mass is 9.93. The first-order valence-corrected chi connectivity index (χ1v) is 12.0. The van der Waals surface area contributed by atoms with Gasteiger partial charge in [0.1, 0.15) is 5.82 Å². The maximum atomic E-state index is 15.0. The number of pyridine rings is 1. The van der Waals surface area contributed by atoms with Crippen molar-refractivity contribution in [3.63, 3.8) is 0 Å². The number of nitrogens with zero attached hydrogens (tertiary/aromatic N) is 4. The number of nitrogens with one attached hydrogen (secondary N) is 1. The number of amides is 1. The molecule has 0 saturated carbocycles. The largest absolute Gasteiger partial charge is 0.369 e. The fourth-order valence-corrected chi connectivity index (χ4v) is 4.73. The number of carbonyl (C=O) groups is 2. The van der Waals surface area contributed by atoms with Crippen molar-refractivity contribution in [2.24, 2.45) is 11.7 Å². The molecule has 2 aliphatic rings. The van der Waals surface area contributed by atoms with Crippen LogP contribution in [-0.4, -0.2) is 67.9 Å². The van der Waals surface area contributed by atoms with Crippen molar-refractivity contribution < 1.29 is 14.0 Å². The zero-order valence-corrected chi connectivity index (χ0v) is 20.2. The van der Waals surface area contributed by atoms with Gasteiger partial charge in [-0.2, -0.15) is 0 Å². The van der Waals surface area contributed by atoms with Crippen molar-refractivity contribution in [2.45, 2.75) is 19.3 Å². The van der Waals surface area contributed by atoms with Crippen molar-refractivity contribution in [1.29, 1.82) is 0 Å². The topological polar surface area (TPSA) is 94.8 Å². The molecule has 0 spiro atoms. The number of ketones is 1. The number of hydrogen-bond donors (Lipinski definition) is 2. The third-order valence-corrected chi connectivity index (χ3v) is 6.76. The number of carbonyl (C=O) groups excluding carboxylic acids is 2. The fraction of sp³-hybridized carbons (Fsp3) is 0.423. The Morgan fingerprint density at radius 1 is 1.17 bits per heavy atom. The number of hydrogen-bond acceptors (Lipinski definition) is 7.